The molecule has 0 saturated carbocycles. The third kappa shape index (κ3) is 3.95. The molecule has 8 heterocycles. The third-order valence-electron chi connectivity index (χ3n) is 17.6. The van der Waals surface area contributed by atoms with E-state index in [0.717, 1.165) is 12.9 Å². The quantitative estimate of drug-likeness (QED) is 0.165. The third-order valence-corrected chi connectivity index (χ3v) is 17.6. The number of aryl methyl sites for hydroxylation is 10. The first kappa shape index (κ1) is 36.7. The molecule has 4 nitrogen and oxygen atoms in total. The van der Waals surface area contributed by atoms with Crippen LogP contribution in [0.5, 0.6) is 0 Å². The van der Waals surface area contributed by atoms with E-state index in [4.69, 9.17) is 0 Å². The van der Waals surface area contributed by atoms with E-state index in [-0.39, 0.29) is 26.9 Å². The molecule has 8 aliphatic heterocycles. The predicted octanol–water partition coefficient (Wildman–Crippen LogP) is 6.38. The number of hydrogen-bond donors (Lipinski definition) is 0. The van der Waals surface area contributed by atoms with Gasteiger partial charge in [0.25, 0.3) is 13.4 Å². The zero-order chi connectivity index (χ0) is 44.4. The van der Waals surface area contributed by atoms with Gasteiger partial charge in [0.15, 0.2) is 0 Å². The Balaban J connectivity index is 1.20. The lowest BCUT2D eigenvalue weighted by Crippen LogP contribution is -2.74. The van der Waals surface area contributed by atoms with E-state index >= 15 is 0 Å². The van der Waals surface area contributed by atoms with Crippen molar-refractivity contribution in [3.63, 3.8) is 0 Å². The summed E-state index contributed by atoms with van der Waals surface area (Å²) in [6.07, 6.45) is 1.82. The van der Waals surface area contributed by atoms with Crippen LogP contribution >= 0.6 is 0 Å². The summed E-state index contributed by atoms with van der Waals surface area (Å²) in [6.45, 7) is 24.0. The first-order valence-corrected chi connectivity index (χ1v) is 24.4. The fourth-order valence-corrected chi connectivity index (χ4v) is 15.8. The van der Waals surface area contributed by atoms with Crippen LogP contribution in [-0.4, -0.2) is 39.7 Å². The van der Waals surface area contributed by atoms with E-state index in [1.807, 2.05) is 0 Å². The lowest BCUT2D eigenvalue weighted by atomic mass is 9.25. The number of nitrogens with zero attached hydrogens (tertiary/aromatic N) is 4. The van der Waals surface area contributed by atoms with Crippen LogP contribution < -0.4 is 74.2 Å². The molecule has 8 aliphatic rings. The van der Waals surface area contributed by atoms with E-state index in [1.54, 1.807) is 10.9 Å². The molecule has 8 heteroatoms. The van der Waals surface area contributed by atoms with Gasteiger partial charge in [0.2, 0.25) is 13.4 Å². The summed E-state index contributed by atoms with van der Waals surface area (Å²) in [7, 11) is 0. The lowest BCUT2D eigenvalue weighted by Gasteiger charge is -2.57. The van der Waals surface area contributed by atoms with Gasteiger partial charge in [-0.05, 0) is 194 Å². The van der Waals surface area contributed by atoms with E-state index < -0.39 is 0 Å². The summed E-state index contributed by atoms with van der Waals surface area (Å²) < 4.78 is 0. The summed E-state index contributed by atoms with van der Waals surface area (Å²) in [5.74, 6) is 0. The minimum Gasteiger partial charge on any atom is -0.349 e. The summed E-state index contributed by atoms with van der Waals surface area (Å²) in [4.78, 5) is 11.3. The van der Waals surface area contributed by atoms with E-state index in [9.17, 15) is 0 Å². The van der Waals surface area contributed by atoms with E-state index in [0.29, 0.717) is 0 Å². The monoisotopic (exact) mass is 844 g/mol. The Morgan fingerprint density at radius 1 is 0.318 bits per heavy atom. The SMILES string of the molecule is Cc1ccc2c(c1)N1CB3c4c(C)cc(C)cc4N4c5cc(C)ccc5B5c6c(C)cc(C)cc6N6CB7c8c(C)cc(C)cc8N8c9cc(C)cc(C)c9B2c2c8c7c7c6c5c4c3c7c21. The molecule has 0 bridgehead atoms. The molecule has 0 fully saturated rings. The van der Waals surface area contributed by atoms with Gasteiger partial charge >= 0.3 is 0 Å². The normalized spacial score (nSPS) is 16.0. The highest BCUT2D eigenvalue weighted by atomic mass is 15.2. The molecule has 0 unspecified atom stereocenters. The van der Waals surface area contributed by atoms with Crippen molar-refractivity contribution >= 4 is 149 Å². The molecule has 0 aromatic heterocycles. The molecular weight excluding hydrogens is 796 g/mol. The Kier molecular flexibility index (Phi) is 6.40. The van der Waals surface area contributed by atoms with Crippen molar-refractivity contribution in [2.45, 2.75) is 69.2 Å². The topological polar surface area (TPSA) is 13.0 Å². The van der Waals surface area contributed by atoms with Gasteiger partial charge in [0.1, 0.15) is 0 Å². The van der Waals surface area contributed by atoms with Crippen molar-refractivity contribution in [2.75, 3.05) is 32.5 Å². The molecule has 0 saturated heterocycles. The second-order valence-corrected chi connectivity index (χ2v) is 21.8. The van der Waals surface area contributed by atoms with E-state index in [1.165, 1.54) is 167 Å². The second kappa shape index (κ2) is 11.5. The summed E-state index contributed by atoms with van der Waals surface area (Å²) in [5.41, 5.74) is 42.7. The standard InChI is InChI=1S/C58H48B4N4/c1-27-11-13-37-39(19-27)63-25-59-47-33(7)15-30(4)22-42(47)65-40-20-28(2)12-14-38(40)62-49-35(9)17-29(3)21-41(49)64-26-60-48-34(8)16-31(5)23-43(48)66-44-24-32(6)18-36(10)50(44)61(37)53-55(63)45-46(52(60)58(53)66)56(64)54(62)57(65)51(45)59/h11-24H,25-26H2,1-10H3. The van der Waals surface area contributed by atoms with Gasteiger partial charge in [0.05, 0.1) is 0 Å². The van der Waals surface area contributed by atoms with E-state index in [2.05, 4.69) is 174 Å². The molecule has 0 aliphatic carbocycles. The number of anilines is 10. The fourth-order valence-electron chi connectivity index (χ4n) is 15.8. The lowest BCUT2D eigenvalue weighted by molar-refractivity contribution is 1.12. The van der Waals surface area contributed by atoms with Crippen molar-refractivity contribution in [3.05, 3.63) is 141 Å². The molecule has 16 rings (SSSR count). The molecule has 8 aromatic carbocycles. The maximum atomic E-state index is 2.86. The van der Waals surface area contributed by atoms with Crippen molar-refractivity contribution in [3.8, 4) is 0 Å². The van der Waals surface area contributed by atoms with Crippen molar-refractivity contribution < 1.29 is 0 Å². The van der Waals surface area contributed by atoms with Gasteiger partial charge in [-0.1, -0.05) is 70.8 Å². The minimum absolute atomic E-state index is 0.120. The Morgan fingerprint density at radius 2 is 0.682 bits per heavy atom. The molecule has 0 amide bonds. The molecule has 0 spiro atoms. The maximum absolute atomic E-state index is 2.86. The average molecular weight is 844 g/mol. The summed E-state index contributed by atoms with van der Waals surface area (Å²) in [6, 6.07) is 34.8. The van der Waals surface area contributed by atoms with Crippen molar-refractivity contribution in [2.24, 2.45) is 0 Å². The van der Waals surface area contributed by atoms with Crippen LogP contribution in [-0.2, 0) is 0 Å². The van der Waals surface area contributed by atoms with Crippen LogP contribution in [0.4, 0.5) is 56.9 Å². The number of rotatable bonds is 0. The smallest absolute Gasteiger partial charge is 0.252 e. The fraction of sp³-hybridized carbons (Fsp3) is 0.207. The molecule has 0 atom stereocenters. The molecule has 0 radical (unpaired) electrons. The van der Waals surface area contributed by atoms with Gasteiger partial charge in [-0.3, -0.25) is 0 Å². The van der Waals surface area contributed by atoms with Gasteiger partial charge < -0.3 is 19.6 Å². The van der Waals surface area contributed by atoms with Crippen LogP contribution in [0, 0.1) is 69.2 Å². The number of benzene rings is 8. The highest BCUT2D eigenvalue weighted by molar-refractivity contribution is 7.06. The highest BCUT2D eigenvalue weighted by Gasteiger charge is 2.58. The van der Waals surface area contributed by atoms with Gasteiger partial charge in [-0.25, -0.2) is 0 Å². The maximum Gasteiger partial charge on any atom is 0.252 e. The highest BCUT2D eigenvalue weighted by Crippen LogP contribution is 2.55. The van der Waals surface area contributed by atoms with Gasteiger partial charge in [-0.15, -0.1) is 0 Å². The Morgan fingerprint density at radius 3 is 1.18 bits per heavy atom. The average Bonchev–Trinajstić information content (AvgIpc) is 3.26. The Hall–Kier alpha value is -6.52. The first-order chi connectivity index (χ1) is 31.9. The van der Waals surface area contributed by atoms with Crippen LogP contribution in [0.3, 0.4) is 0 Å². The second-order valence-electron chi connectivity index (χ2n) is 21.8. The van der Waals surface area contributed by atoms with Crippen LogP contribution in [0.2, 0.25) is 0 Å². The van der Waals surface area contributed by atoms with Crippen LogP contribution in [0.15, 0.2) is 84.9 Å². The molecule has 0 N–H and O–H groups in total. The minimum atomic E-state index is 0.120. The first-order valence-electron chi connectivity index (χ1n) is 24.4. The molecule has 8 aromatic rings. The van der Waals surface area contributed by atoms with Crippen molar-refractivity contribution in [1.82, 2.24) is 0 Å². The zero-order valence-electron chi connectivity index (χ0n) is 39.6. The summed E-state index contributed by atoms with van der Waals surface area (Å²) >= 11 is 0. The van der Waals surface area contributed by atoms with Gasteiger partial charge in [-0.2, -0.15) is 0 Å². The number of fused-ring (bicyclic) bond motifs is 18. The Bertz CT molecular complexity index is 3750. The van der Waals surface area contributed by atoms with Crippen LogP contribution in [0.25, 0.3) is 10.8 Å². The van der Waals surface area contributed by atoms with Crippen LogP contribution in [0.1, 0.15) is 55.6 Å². The largest absolute Gasteiger partial charge is 0.349 e. The predicted molar refractivity (Wildman–Crippen MR) is 287 cm³/mol. The van der Waals surface area contributed by atoms with Gasteiger partial charge in [0, 0.05) is 80.5 Å². The molecular formula is C58H48B4N4. The Labute approximate surface area is 389 Å². The van der Waals surface area contributed by atoms with Crippen molar-refractivity contribution in [1.29, 1.82) is 0 Å². The summed E-state index contributed by atoms with van der Waals surface area (Å²) in [5, 5.41) is 3.03. The molecule has 312 valence electrons. The zero-order valence-corrected chi connectivity index (χ0v) is 39.6. The number of hydrogen-bond acceptors (Lipinski definition) is 4. The molecule has 66 heavy (non-hydrogen) atoms.